The Morgan fingerprint density at radius 1 is 0.793 bits per heavy atom. The molecular weight excluding hydrogens is 1030 g/mol. The van der Waals surface area contributed by atoms with Gasteiger partial charge in [0.1, 0.15) is 23.2 Å². The molecule has 1 aromatic carbocycles. The van der Waals surface area contributed by atoms with Crippen molar-refractivity contribution in [1.82, 2.24) is 0 Å². The Kier molecular flexibility index (Phi) is 23.7. The number of allylic oxidation sites excluding steroid dienone is 2. The van der Waals surface area contributed by atoms with Crippen molar-refractivity contribution in [3.63, 3.8) is 0 Å². The Hall–Kier alpha value is -3.16. The first kappa shape index (κ1) is 68.0. The number of aryl methyl sites for hydroxylation is 1. The van der Waals surface area contributed by atoms with Gasteiger partial charge in [-0.2, -0.15) is 0 Å². The smallest absolute Gasteiger partial charge is 0.306 e. The average Bonchev–Trinajstić information content (AvgIpc) is 4.44. The standard InChI is InChI=1S/C71H114O11/c1-20-52-35-56(50(14)72)46(10)57-34-51(30-31-54(52)57)28-25-27-41(5)26-23-22-24-29-63(74)82-67-47(11)58-37-59(58)62(39-70(67,16)79-19)80-65-48(12)60(73)36-53(21-2)71(17,77)66(76)45(9)44(8)43(7)38-69(15,78-18)68(49(65)13)81-61-33-42(6)32-55(40(3)4)64(61)75/h30-31,34-35,40-43,45,47-49,52-53,55,58-59,61-62,64-68,72,75-77H,8,10,14,20-29,32-33,36-39H2,1-7,9,11-13,15-19H3/t41?,42?,43?,45?,47?,48?,49?,52?,53?,55?,58?,59?,61?,62?,64?,65?,66?,67?,68?,69?,70-,71?/m0/s1. The highest BCUT2D eigenvalue weighted by atomic mass is 16.6. The molecule has 4 saturated carbocycles. The van der Waals surface area contributed by atoms with E-state index >= 15 is 4.79 Å². The summed E-state index contributed by atoms with van der Waals surface area (Å²) < 4.78 is 34.7. The maximum atomic E-state index is 15.1. The van der Waals surface area contributed by atoms with Crippen LogP contribution in [0.3, 0.4) is 0 Å². The number of carbonyl (C=O) groups is 2. The lowest BCUT2D eigenvalue weighted by Gasteiger charge is -2.49. The number of hydrogen-bond donors (Lipinski definition) is 4. The largest absolute Gasteiger partial charge is 0.508 e. The molecule has 11 nitrogen and oxygen atoms in total. The molecule has 11 heteroatoms. The van der Waals surface area contributed by atoms with Gasteiger partial charge in [-0.25, -0.2) is 0 Å². The third-order valence-electron chi connectivity index (χ3n) is 22.0. The second-order valence-corrected chi connectivity index (χ2v) is 28.4. The van der Waals surface area contributed by atoms with E-state index in [0.29, 0.717) is 43.9 Å². The van der Waals surface area contributed by atoms with Gasteiger partial charge >= 0.3 is 5.97 Å². The summed E-state index contributed by atoms with van der Waals surface area (Å²) >= 11 is 0. The minimum absolute atomic E-state index is 0.00422. The first-order chi connectivity index (χ1) is 38.5. The molecule has 464 valence electrons. The van der Waals surface area contributed by atoms with Crippen LogP contribution in [0.2, 0.25) is 0 Å². The van der Waals surface area contributed by atoms with Crippen LogP contribution >= 0.6 is 0 Å². The topological polar surface area (TPSA) is 161 Å². The quantitative estimate of drug-likeness (QED) is 0.0401. The molecule has 4 N–H and O–H groups in total. The fraction of sp³-hybridized carbons (Fsp3) is 0.775. The minimum Gasteiger partial charge on any atom is -0.508 e. The predicted octanol–water partition coefficient (Wildman–Crippen LogP) is 14.7. The summed E-state index contributed by atoms with van der Waals surface area (Å²) in [6, 6.07) is 6.74. The molecule has 6 rings (SSSR count). The highest BCUT2D eigenvalue weighted by Gasteiger charge is 2.60. The summed E-state index contributed by atoms with van der Waals surface area (Å²) in [6.45, 7) is 41.7. The number of fused-ring (bicyclic) bond motifs is 2. The second kappa shape index (κ2) is 28.6. The van der Waals surface area contributed by atoms with E-state index in [0.717, 1.165) is 86.5 Å². The molecule has 5 aliphatic carbocycles. The molecule has 1 aromatic rings. The van der Waals surface area contributed by atoms with Gasteiger partial charge in [-0.05, 0) is 148 Å². The van der Waals surface area contributed by atoms with Crippen LogP contribution in [0.25, 0.3) is 5.57 Å². The fourth-order valence-electron chi connectivity index (χ4n) is 16.0. The number of benzene rings is 1. The second-order valence-electron chi connectivity index (χ2n) is 28.4. The molecule has 0 bridgehead atoms. The van der Waals surface area contributed by atoms with Gasteiger partial charge in [0.2, 0.25) is 0 Å². The van der Waals surface area contributed by atoms with E-state index in [2.05, 4.69) is 106 Å². The average molecular weight is 1140 g/mol. The number of rotatable bonds is 21. The van der Waals surface area contributed by atoms with Crippen molar-refractivity contribution in [3.8, 4) is 0 Å². The first-order valence-corrected chi connectivity index (χ1v) is 32.3. The SMILES string of the molecule is C=C(O)C1=CC(CC)c2ccc(CCCC(C)CCCCCC(=O)OC3C(C)C4CC4C(OC4C(C)C(=O)CC(CC)C(C)(O)C(O)C(C)C(=C)C(C)CC(C)(OC)C(OC5CC(C)CC(C(C)C)C5O)C4C)C[C@]3(C)OC)cc2C1=C. The van der Waals surface area contributed by atoms with Crippen LogP contribution in [0, 0.1) is 71.0 Å². The molecule has 0 amide bonds. The van der Waals surface area contributed by atoms with E-state index in [1.54, 1.807) is 21.1 Å². The fourth-order valence-corrected chi connectivity index (χ4v) is 16.0. The van der Waals surface area contributed by atoms with Crippen LogP contribution in [-0.4, -0.2) is 106 Å². The van der Waals surface area contributed by atoms with E-state index in [-0.39, 0.29) is 71.5 Å². The van der Waals surface area contributed by atoms with Gasteiger partial charge in [0.15, 0.2) is 0 Å². The van der Waals surface area contributed by atoms with Gasteiger partial charge in [0, 0.05) is 62.7 Å². The number of Topliss-reactive ketones (excluding diaryl/α,β-unsaturated/α-hetero) is 1. The van der Waals surface area contributed by atoms with Crippen molar-refractivity contribution in [3.05, 3.63) is 77.6 Å². The van der Waals surface area contributed by atoms with E-state index < -0.39 is 77.1 Å². The Morgan fingerprint density at radius 3 is 2.07 bits per heavy atom. The summed E-state index contributed by atoms with van der Waals surface area (Å²) in [4.78, 5) is 29.0. The number of unbranched alkanes of at least 4 members (excludes halogenated alkanes) is 2. The van der Waals surface area contributed by atoms with Crippen LogP contribution in [-0.2, 0) is 39.7 Å². The highest BCUT2D eigenvalue weighted by Crippen LogP contribution is 2.57. The lowest BCUT2D eigenvalue weighted by molar-refractivity contribution is -0.227. The molecule has 0 aromatic heterocycles. The van der Waals surface area contributed by atoms with Gasteiger partial charge in [-0.15, -0.1) is 0 Å². The maximum Gasteiger partial charge on any atom is 0.306 e. The van der Waals surface area contributed by atoms with Crippen molar-refractivity contribution in [2.45, 2.75) is 265 Å². The van der Waals surface area contributed by atoms with Crippen LogP contribution in [0.1, 0.15) is 216 Å². The number of hydrogen-bond acceptors (Lipinski definition) is 11. The lowest BCUT2D eigenvalue weighted by Crippen LogP contribution is -2.58. The van der Waals surface area contributed by atoms with Crippen LogP contribution in [0.4, 0.5) is 0 Å². The Balaban J connectivity index is 1.16. The molecule has 0 aliphatic heterocycles. The van der Waals surface area contributed by atoms with Gasteiger partial charge in [-0.3, -0.25) is 9.59 Å². The zero-order chi connectivity index (χ0) is 60.9. The molecule has 0 radical (unpaired) electrons. The Labute approximate surface area is 496 Å². The molecule has 0 heterocycles. The number of methoxy groups -OCH3 is 2. The summed E-state index contributed by atoms with van der Waals surface area (Å²) in [5.41, 5.74) is 2.62. The van der Waals surface area contributed by atoms with Crippen molar-refractivity contribution in [1.29, 1.82) is 0 Å². The normalized spacial score (nSPS) is 39.8. The van der Waals surface area contributed by atoms with Gasteiger partial charge in [0.25, 0.3) is 0 Å². The number of aliphatic hydroxyl groups is 4. The molecule has 82 heavy (non-hydrogen) atoms. The third kappa shape index (κ3) is 15.3. The summed E-state index contributed by atoms with van der Waals surface area (Å²) in [5, 5.41) is 46.6. The van der Waals surface area contributed by atoms with E-state index in [4.69, 9.17) is 23.7 Å². The third-order valence-corrected chi connectivity index (χ3v) is 22.0. The van der Waals surface area contributed by atoms with Gasteiger partial charge < -0.3 is 44.1 Å². The molecule has 4 fully saturated rings. The van der Waals surface area contributed by atoms with Gasteiger partial charge in [-0.1, -0.05) is 158 Å². The number of esters is 1. The minimum atomic E-state index is -1.58. The zero-order valence-electron chi connectivity index (χ0n) is 53.9. The molecule has 0 saturated heterocycles. The van der Waals surface area contributed by atoms with E-state index in [1.807, 2.05) is 27.7 Å². The maximum absolute atomic E-state index is 15.1. The lowest BCUT2D eigenvalue weighted by atomic mass is 9.68. The highest BCUT2D eigenvalue weighted by molar-refractivity contribution is 5.85. The Morgan fingerprint density at radius 2 is 1.45 bits per heavy atom. The predicted molar refractivity (Wildman–Crippen MR) is 330 cm³/mol. The van der Waals surface area contributed by atoms with Crippen LogP contribution in [0.5, 0.6) is 0 Å². The zero-order valence-corrected chi connectivity index (χ0v) is 53.9. The van der Waals surface area contributed by atoms with E-state index in [1.165, 1.54) is 11.1 Å². The number of ketones is 1. The summed E-state index contributed by atoms with van der Waals surface area (Å²) in [5.74, 6) is -0.655. The molecular formula is C71H114O11. The summed E-state index contributed by atoms with van der Waals surface area (Å²) in [7, 11) is 3.40. The van der Waals surface area contributed by atoms with Gasteiger partial charge in [0.05, 0.1) is 47.8 Å². The monoisotopic (exact) mass is 1140 g/mol. The Bertz CT molecular complexity index is 2370. The van der Waals surface area contributed by atoms with Crippen molar-refractivity contribution in [2.24, 2.45) is 71.0 Å². The number of aliphatic hydroxyl groups excluding tert-OH is 3. The van der Waals surface area contributed by atoms with E-state index in [9.17, 15) is 25.2 Å². The first-order valence-electron chi connectivity index (χ1n) is 32.3. The van der Waals surface area contributed by atoms with Crippen LogP contribution < -0.4 is 0 Å². The number of ether oxygens (including phenoxy) is 5. The molecule has 21 unspecified atom stereocenters. The van der Waals surface area contributed by atoms with Crippen molar-refractivity contribution in [2.75, 3.05) is 14.2 Å². The molecule has 22 atom stereocenters. The van der Waals surface area contributed by atoms with Crippen molar-refractivity contribution >= 4 is 17.3 Å². The van der Waals surface area contributed by atoms with Crippen molar-refractivity contribution < 1.29 is 53.7 Å². The summed E-state index contributed by atoms with van der Waals surface area (Å²) in [6.07, 6.45) is 9.84. The molecule has 5 aliphatic rings. The van der Waals surface area contributed by atoms with Crippen LogP contribution in [0.15, 0.2) is 60.9 Å². The number of carbonyl (C=O) groups excluding carboxylic acids is 2. The molecule has 0 spiro atoms.